The maximum Gasteiger partial charge on any atom is 0.326 e. The van der Waals surface area contributed by atoms with Crippen LogP contribution in [-0.4, -0.2) is 49.2 Å². The van der Waals surface area contributed by atoms with Crippen LogP contribution in [0.3, 0.4) is 0 Å². The number of benzene rings is 1. The number of amides is 1. The van der Waals surface area contributed by atoms with E-state index < -0.39 is 12.0 Å². The molecule has 25 heavy (non-hydrogen) atoms. The lowest BCUT2D eigenvalue weighted by molar-refractivity contribution is -0.142. The van der Waals surface area contributed by atoms with Crippen LogP contribution in [0.15, 0.2) is 30.9 Å². The Labute approximate surface area is 145 Å². The van der Waals surface area contributed by atoms with Crippen LogP contribution in [0.4, 0.5) is 0 Å². The Morgan fingerprint density at radius 2 is 2.12 bits per heavy atom. The summed E-state index contributed by atoms with van der Waals surface area (Å²) in [7, 11) is 0. The quantitative estimate of drug-likeness (QED) is 0.922. The molecule has 1 saturated carbocycles. The number of carbonyl (C=O) groups excluding carboxylic acids is 1. The molecule has 1 aliphatic heterocycles. The number of likely N-dealkylation sites (tertiary alicyclic amines) is 1. The van der Waals surface area contributed by atoms with Crippen molar-refractivity contribution in [1.29, 1.82) is 0 Å². The van der Waals surface area contributed by atoms with Crippen LogP contribution in [0, 0.1) is 18.8 Å². The minimum absolute atomic E-state index is 0.0944. The van der Waals surface area contributed by atoms with E-state index >= 15 is 0 Å². The van der Waals surface area contributed by atoms with Gasteiger partial charge in [0.1, 0.15) is 18.7 Å². The van der Waals surface area contributed by atoms with Crippen molar-refractivity contribution in [2.24, 2.45) is 11.8 Å². The number of aryl methyl sites for hydroxylation is 1. The van der Waals surface area contributed by atoms with Crippen LogP contribution in [0.1, 0.15) is 35.2 Å². The summed E-state index contributed by atoms with van der Waals surface area (Å²) in [4.78, 5) is 30.2. The van der Waals surface area contributed by atoms with E-state index in [2.05, 4.69) is 10.1 Å². The number of aromatic nitrogens is 3. The van der Waals surface area contributed by atoms with Crippen molar-refractivity contribution in [3.05, 3.63) is 42.0 Å². The van der Waals surface area contributed by atoms with Crippen LogP contribution in [0.25, 0.3) is 5.69 Å². The number of fused-ring (bicyclic) bond motifs is 1. The zero-order valence-corrected chi connectivity index (χ0v) is 14.0. The molecule has 2 fully saturated rings. The third-order valence-electron chi connectivity index (χ3n) is 5.51. The molecule has 2 heterocycles. The fourth-order valence-corrected chi connectivity index (χ4v) is 4.37. The number of hydrogen-bond donors (Lipinski definition) is 1. The van der Waals surface area contributed by atoms with Crippen LogP contribution in [0.5, 0.6) is 0 Å². The molecule has 0 spiro atoms. The number of nitrogens with zero attached hydrogens (tertiary/aromatic N) is 4. The van der Waals surface area contributed by atoms with Crippen LogP contribution in [0.2, 0.25) is 0 Å². The lowest BCUT2D eigenvalue weighted by Gasteiger charge is -2.24. The molecule has 0 bridgehead atoms. The molecule has 1 aliphatic carbocycles. The summed E-state index contributed by atoms with van der Waals surface area (Å²) in [5.41, 5.74) is 2.26. The van der Waals surface area contributed by atoms with E-state index in [9.17, 15) is 14.7 Å². The lowest BCUT2D eigenvalue weighted by atomic mass is 9.94. The molecule has 1 aromatic carbocycles. The van der Waals surface area contributed by atoms with Gasteiger partial charge in [0, 0.05) is 12.1 Å². The molecule has 0 unspecified atom stereocenters. The van der Waals surface area contributed by atoms with Crippen molar-refractivity contribution >= 4 is 11.9 Å². The maximum atomic E-state index is 13.0. The highest BCUT2D eigenvalue weighted by molar-refractivity contribution is 5.97. The Morgan fingerprint density at radius 3 is 2.80 bits per heavy atom. The van der Waals surface area contributed by atoms with Gasteiger partial charge in [-0.15, -0.1) is 0 Å². The first-order valence-electron chi connectivity index (χ1n) is 8.55. The first-order chi connectivity index (χ1) is 12.1. The van der Waals surface area contributed by atoms with E-state index in [1.165, 1.54) is 6.33 Å². The van der Waals surface area contributed by atoms with E-state index in [-0.39, 0.29) is 11.8 Å². The zero-order chi connectivity index (χ0) is 17.6. The number of rotatable bonds is 3. The molecule has 2 aromatic rings. The van der Waals surface area contributed by atoms with Gasteiger partial charge in [-0.25, -0.2) is 14.5 Å². The number of hydrogen-bond acceptors (Lipinski definition) is 4. The Kier molecular flexibility index (Phi) is 3.78. The van der Waals surface area contributed by atoms with Gasteiger partial charge in [0.05, 0.1) is 5.69 Å². The molecule has 1 aromatic heterocycles. The largest absolute Gasteiger partial charge is 0.480 e. The van der Waals surface area contributed by atoms with Crippen molar-refractivity contribution in [2.75, 3.05) is 6.54 Å². The molecule has 130 valence electrons. The van der Waals surface area contributed by atoms with E-state index in [1.54, 1.807) is 28.0 Å². The van der Waals surface area contributed by atoms with Gasteiger partial charge in [0.15, 0.2) is 0 Å². The molecule has 1 N–H and O–H groups in total. The summed E-state index contributed by atoms with van der Waals surface area (Å²) in [6, 6.07) is 4.66. The lowest BCUT2D eigenvalue weighted by Crippen LogP contribution is -2.43. The predicted molar refractivity (Wildman–Crippen MR) is 89.4 cm³/mol. The SMILES string of the molecule is Cc1cc(C(=O)N2C[C@@H]3CCC[C@@H]3[C@H]2C(=O)O)ccc1-n1cncn1. The molecule has 7 heteroatoms. The minimum Gasteiger partial charge on any atom is -0.480 e. The zero-order valence-electron chi connectivity index (χ0n) is 14.0. The summed E-state index contributed by atoms with van der Waals surface area (Å²) in [6.45, 7) is 2.45. The molecule has 0 radical (unpaired) electrons. The fraction of sp³-hybridized carbons (Fsp3) is 0.444. The molecule has 2 aliphatic rings. The van der Waals surface area contributed by atoms with E-state index in [0.717, 1.165) is 30.5 Å². The monoisotopic (exact) mass is 340 g/mol. The van der Waals surface area contributed by atoms with Crippen LogP contribution < -0.4 is 0 Å². The van der Waals surface area contributed by atoms with Gasteiger partial charge >= 0.3 is 5.97 Å². The smallest absolute Gasteiger partial charge is 0.326 e. The van der Waals surface area contributed by atoms with Gasteiger partial charge in [-0.05, 0) is 55.4 Å². The summed E-state index contributed by atoms with van der Waals surface area (Å²) < 4.78 is 1.64. The normalized spacial score (nSPS) is 25.2. The van der Waals surface area contributed by atoms with Crippen molar-refractivity contribution in [1.82, 2.24) is 19.7 Å². The second-order valence-corrected chi connectivity index (χ2v) is 6.94. The second-order valence-electron chi connectivity index (χ2n) is 6.94. The molecule has 1 saturated heterocycles. The number of carbonyl (C=O) groups is 2. The third-order valence-corrected chi connectivity index (χ3v) is 5.51. The highest BCUT2D eigenvalue weighted by atomic mass is 16.4. The van der Waals surface area contributed by atoms with Crippen molar-refractivity contribution in [2.45, 2.75) is 32.2 Å². The van der Waals surface area contributed by atoms with Crippen molar-refractivity contribution in [3.63, 3.8) is 0 Å². The average Bonchev–Trinajstić information content (AvgIpc) is 3.30. The predicted octanol–water partition coefficient (Wildman–Crippen LogP) is 1.90. The molecule has 4 rings (SSSR count). The van der Waals surface area contributed by atoms with Gasteiger partial charge in [0.2, 0.25) is 0 Å². The van der Waals surface area contributed by atoms with Gasteiger partial charge in [0.25, 0.3) is 5.91 Å². The molecule has 1 amide bonds. The summed E-state index contributed by atoms with van der Waals surface area (Å²) in [5.74, 6) is -0.675. The Balaban J connectivity index is 1.62. The Morgan fingerprint density at radius 1 is 1.28 bits per heavy atom. The maximum absolute atomic E-state index is 13.0. The summed E-state index contributed by atoms with van der Waals surface area (Å²) >= 11 is 0. The fourth-order valence-electron chi connectivity index (χ4n) is 4.37. The topological polar surface area (TPSA) is 88.3 Å². The second kappa shape index (κ2) is 5.98. The molecule has 7 nitrogen and oxygen atoms in total. The third kappa shape index (κ3) is 2.59. The van der Waals surface area contributed by atoms with E-state index in [4.69, 9.17) is 0 Å². The van der Waals surface area contributed by atoms with Gasteiger partial charge in [-0.1, -0.05) is 6.42 Å². The van der Waals surface area contributed by atoms with E-state index in [0.29, 0.717) is 18.0 Å². The molecule has 3 atom stereocenters. The summed E-state index contributed by atoms with van der Waals surface area (Å²) in [5, 5.41) is 13.7. The van der Waals surface area contributed by atoms with Gasteiger partial charge < -0.3 is 10.0 Å². The van der Waals surface area contributed by atoms with Gasteiger partial charge in [-0.3, -0.25) is 4.79 Å². The van der Waals surface area contributed by atoms with Crippen LogP contribution >= 0.6 is 0 Å². The van der Waals surface area contributed by atoms with Crippen molar-refractivity contribution in [3.8, 4) is 5.69 Å². The number of aliphatic carboxylic acids is 1. The van der Waals surface area contributed by atoms with E-state index in [1.807, 2.05) is 13.0 Å². The molecular formula is C18H20N4O3. The Bertz CT molecular complexity index is 818. The van der Waals surface area contributed by atoms with Crippen molar-refractivity contribution < 1.29 is 14.7 Å². The average molecular weight is 340 g/mol. The number of carboxylic acid groups (broad SMARTS) is 1. The van der Waals surface area contributed by atoms with Crippen LogP contribution in [-0.2, 0) is 4.79 Å². The number of carboxylic acids is 1. The highest BCUT2D eigenvalue weighted by Gasteiger charge is 2.49. The highest BCUT2D eigenvalue weighted by Crippen LogP contribution is 2.42. The summed E-state index contributed by atoms with van der Waals surface area (Å²) in [6.07, 6.45) is 6.04. The first-order valence-corrected chi connectivity index (χ1v) is 8.55. The molecular weight excluding hydrogens is 320 g/mol. The minimum atomic E-state index is -0.890. The standard InChI is InChI=1S/C18H20N4O3/c1-11-7-12(5-6-15(11)22-10-19-9-20-22)17(23)21-8-13-3-2-4-14(13)16(21)18(24)25/h5-7,9-10,13-14,16H,2-4,8H2,1H3,(H,24,25)/t13-,14-,16-/m0/s1. The first kappa shape index (κ1) is 15.8. The van der Waals surface area contributed by atoms with Gasteiger partial charge in [-0.2, -0.15) is 5.10 Å². The Hall–Kier alpha value is -2.70.